The lowest BCUT2D eigenvalue weighted by Crippen LogP contribution is -2.00. The topological polar surface area (TPSA) is 17.1 Å². The molecule has 0 heterocycles. The molecule has 0 radical (unpaired) electrons. The average Bonchev–Trinajstić information content (AvgIpc) is 2.11. The second-order valence-electron chi connectivity index (χ2n) is 3.64. The van der Waals surface area contributed by atoms with Crippen LogP contribution in [0, 0.1) is 5.92 Å². The summed E-state index contributed by atoms with van der Waals surface area (Å²) in [5, 5.41) is 0. The van der Waals surface area contributed by atoms with E-state index in [-0.39, 0.29) is 5.78 Å². The van der Waals surface area contributed by atoms with Gasteiger partial charge in [0.25, 0.3) is 0 Å². The Morgan fingerprint density at radius 2 is 2.31 bits per heavy atom. The SMILES string of the molecule is CCCC[C@H]1/C=C\C(=O)C/C=C\C1. The zero-order chi connectivity index (χ0) is 9.52. The molecule has 1 nitrogen and oxygen atoms in total. The van der Waals surface area contributed by atoms with Crippen LogP contribution in [-0.2, 0) is 4.79 Å². The van der Waals surface area contributed by atoms with Gasteiger partial charge in [0.05, 0.1) is 0 Å². The first-order chi connectivity index (χ1) is 6.33. The second-order valence-corrected chi connectivity index (χ2v) is 3.64. The average molecular weight is 178 g/mol. The highest BCUT2D eigenvalue weighted by Gasteiger charge is 2.05. The van der Waals surface area contributed by atoms with Gasteiger partial charge in [-0.1, -0.05) is 38.0 Å². The molecule has 1 rings (SSSR count). The summed E-state index contributed by atoms with van der Waals surface area (Å²) in [5.41, 5.74) is 0. The summed E-state index contributed by atoms with van der Waals surface area (Å²) in [5.74, 6) is 0.817. The Bertz CT molecular complexity index is 213. The van der Waals surface area contributed by atoms with Crippen molar-refractivity contribution in [2.24, 2.45) is 5.92 Å². The van der Waals surface area contributed by atoms with Crippen LogP contribution in [-0.4, -0.2) is 5.78 Å². The maximum atomic E-state index is 11.1. The number of unbranched alkanes of at least 4 members (excludes halogenated alkanes) is 1. The Morgan fingerprint density at radius 3 is 3.08 bits per heavy atom. The molecule has 0 aromatic rings. The Kier molecular flexibility index (Phi) is 4.52. The maximum Gasteiger partial charge on any atom is 0.159 e. The summed E-state index contributed by atoms with van der Waals surface area (Å²) in [6, 6.07) is 0. The van der Waals surface area contributed by atoms with Crippen LogP contribution in [0.15, 0.2) is 24.3 Å². The first-order valence-electron chi connectivity index (χ1n) is 5.19. The van der Waals surface area contributed by atoms with E-state index in [0.29, 0.717) is 12.3 Å². The van der Waals surface area contributed by atoms with Crippen LogP contribution in [0.25, 0.3) is 0 Å². The number of carbonyl (C=O) groups is 1. The van der Waals surface area contributed by atoms with Crippen LogP contribution in [0.2, 0.25) is 0 Å². The number of allylic oxidation sites excluding steroid dienone is 4. The first-order valence-corrected chi connectivity index (χ1v) is 5.19. The van der Waals surface area contributed by atoms with Gasteiger partial charge < -0.3 is 0 Å². The number of rotatable bonds is 3. The van der Waals surface area contributed by atoms with Gasteiger partial charge in [0, 0.05) is 6.42 Å². The molecule has 0 saturated heterocycles. The fourth-order valence-electron chi connectivity index (χ4n) is 1.54. The van der Waals surface area contributed by atoms with Gasteiger partial charge in [-0.05, 0) is 24.8 Å². The monoisotopic (exact) mass is 178 g/mol. The van der Waals surface area contributed by atoms with Crippen molar-refractivity contribution in [3.63, 3.8) is 0 Å². The molecule has 0 unspecified atom stereocenters. The third-order valence-corrected chi connectivity index (χ3v) is 2.41. The third-order valence-electron chi connectivity index (χ3n) is 2.41. The van der Waals surface area contributed by atoms with E-state index in [9.17, 15) is 4.79 Å². The van der Waals surface area contributed by atoms with Crippen LogP contribution >= 0.6 is 0 Å². The molecule has 0 saturated carbocycles. The van der Waals surface area contributed by atoms with Crippen molar-refractivity contribution in [1.82, 2.24) is 0 Å². The van der Waals surface area contributed by atoms with E-state index in [1.807, 2.05) is 6.08 Å². The Hall–Kier alpha value is -0.850. The lowest BCUT2D eigenvalue weighted by atomic mass is 9.95. The number of hydrogen-bond acceptors (Lipinski definition) is 1. The predicted molar refractivity (Wildman–Crippen MR) is 55.5 cm³/mol. The van der Waals surface area contributed by atoms with Gasteiger partial charge in [0.1, 0.15) is 0 Å². The molecule has 1 atom stereocenters. The van der Waals surface area contributed by atoms with Crippen molar-refractivity contribution in [3.8, 4) is 0 Å². The Balaban J connectivity index is 2.43. The van der Waals surface area contributed by atoms with Crippen LogP contribution < -0.4 is 0 Å². The van der Waals surface area contributed by atoms with Crippen molar-refractivity contribution in [3.05, 3.63) is 24.3 Å². The smallest absolute Gasteiger partial charge is 0.159 e. The standard InChI is InChI=1S/C12H18O/c1-2-3-6-11-7-4-5-8-12(13)10-9-11/h4-5,9-11H,2-3,6-8H2,1H3/b5-4-,10-9-/t11-/m1/s1. The second kappa shape index (κ2) is 5.74. The minimum atomic E-state index is 0.234. The molecule has 0 N–H and O–H groups in total. The quantitative estimate of drug-likeness (QED) is 0.606. The molecular formula is C12H18O. The number of carbonyl (C=O) groups excluding carboxylic acids is 1. The normalized spacial score (nSPS) is 27.8. The predicted octanol–water partition coefficient (Wildman–Crippen LogP) is 3.27. The van der Waals surface area contributed by atoms with Crippen molar-refractivity contribution < 1.29 is 4.79 Å². The van der Waals surface area contributed by atoms with Gasteiger partial charge in [-0.2, -0.15) is 0 Å². The highest BCUT2D eigenvalue weighted by atomic mass is 16.1. The summed E-state index contributed by atoms with van der Waals surface area (Å²) >= 11 is 0. The summed E-state index contributed by atoms with van der Waals surface area (Å²) < 4.78 is 0. The summed E-state index contributed by atoms with van der Waals surface area (Å²) in [6.45, 7) is 2.20. The molecule has 0 amide bonds. The van der Waals surface area contributed by atoms with Gasteiger partial charge >= 0.3 is 0 Å². The first kappa shape index (κ1) is 10.2. The van der Waals surface area contributed by atoms with Gasteiger partial charge in [0.15, 0.2) is 5.78 Å². The molecule has 13 heavy (non-hydrogen) atoms. The van der Waals surface area contributed by atoms with Gasteiger partial charge in [0.2, 0.25) is 0 Å². The highest BCUT2D eigenvalue weighted by molar-refractivity contribution is 5.90. The van der Waals surface area contributed by atoms with Gasteiger partial charge in [-0.15, -0.1) is 0 Å². The van der Waals surface area contributed by atoms with Crippen molar-refractivity contribution in [1.29, 1.82) is 0 Å². The van der Waals surface area contributed by atoms with Crippen LogP contribution in [0.3, 0.4) is 0 Å². The zero-order valence-corrected chi connectivity index (χ0v) is 8.33. The van der Waals surface area contributed by atoms with E-state index < -0.39 is 0 Å². The lowest BCUT2D eigenvalue weighted by molar-refractivity contribution is -0.113. The highest BCUT2D eigenvalue weighted by Crippen LogP contribution is 2.16. The lowest BCUT2D eigenvalue weighted by Gasteiger charge is -2.10. The molecular weight excluding hydrogens is 160 g/mol. The Morgan fingerprint density at radius 1 is 1.46 bits per heavy atom. The fourth-order valence-corrected chi connectivity index (χ4v) is 1.54. The Labute approximate surface area is 80.5 Å². The van der Waals surface area contributed by atoms with E-state index in [1.165, 1.54) is 19.3 Å². The minimum Gasteiger partial charge on any atom is -0.295 e. The van der Waals surface area contributed by atoms with Gasteiger partial charge in [-0.25, -0.2) is 0 Å². The molecule has 0 spiro atoms. The largest absolute Gasteiger partial charge is 0.295 e. The molecule has 0 fully saturated rings. The number of ketones is 1. The number of hydrogen-bond donors (Lipinski definition) is 0. The van der Waals surface area contributed by atoms with Crippen LogP contribution in [0.5, 0.6) is 0 Å². The van der Waals surface area contributed by atoms with Gasteiger partial charge in [-0.3, -0.25) is 4.79 Å². The molecule has 1 aliphatic carbocycles. The van der Waals surface area contributed by atoms with E-state index in [2.05, 4.69) is 19.1 Å². The van der Waals surface area contributed by atoms with E-state index in [4.69, 9.17) is 0 Å². The maximum absolute atomic E-state index is 11.1. The molecule has 1 aliphatic rings. The van der Waals surface area contributed by atoms with E-state index in [0.717, 1.165) is 6.42 Å². The molecule has 0 aromatic carbocycles. The summed E-state index contributed by atoms with van der Waals surface area (Å²) in [4.78, 5) is 11.1. The molecule has 72 valence electrons. The van der Waals surface area contributed by atoms with Crippen molar-refractivity contribution in [2.75, 3.05) is 0 Å². The molecule has 0 aliphatic heterocycles. The van der Waals surface area contributed by atoms with Crippen LogP contribution in [0.1, 0.15) is 39.0 Å². The fraction of sp³-hybridized carbons (Fsp3) is 0.583. The minimum absolute atomic E-state index is 0.234. The van der Waals surface area contributed by atoms with E-state index >= 15 is 0 Å². The van der Waals surface area contributed by atoms with E-state index in [1.54, 1.807) is 6.08 Å². The summed E-state index contributed by atoms with van der Waals surface area (Å²) in [6.07, 6.45) is 13.4. The van der Waals surface area contributed by atoms with Crippen molar-refractivity contribution in [2.45, 2.75) is 39.0 Å². The summed E-state index contributed by atoms with van der Waals surface area (Å²) in [7, 11) is 0. The molecule has 0 bridgehead atoms. The zero-order valence-electron chi connectivity index (χ0n) is 8.33. The molecule has 1 heteroatoms. The van der Waals surface area contributed by atoms with Crippen LogP contribution in [0.4, 0.5) is 0 Å². The van der Waals surface area contributed by atoms with Crippen molar-refractivity contribution >= 4 is 5.78 Å². The third kappa shape index (κ3) is 4.07. The molecule has 0 aromatic heterocycles.